The minimum atomic E-state index is -0.402. The van der Waals surface area contributed by atoms with Gasteiger partial charge in [-0.15, -0.1) is 0 Å². The fourth-order valence-electron chi connectivity index (χ4n) is 1.75. The highest BCUT2D eigenvalue weighted by molar-refractivity contribution is 5.88. The molecule has 2 N–H and O–H groups in total. The first-order chi connectivity index (χ1) is 8.97. The summed E-state index contributed by atoms with van der Waals surface area (Å²) in [6.45, 7) is 0.290. The lowest BCUT2D eigenvalue weighted by atomic mass is 9.98. The highest BCUT2D eigenvalue weighted by Crippen LogP contribution is 2.16. The Labute approximate surface area is 114 Å². The Balaban J connectivity index is 2.77. The summed E-state index contributed by atoms with van der Waals surface area (Å²) in [5.41, 5.74) is 6.57. The van der Waals surface area contributed by atoms with Crippen LogP contribution in [0.1, 0.15) is 11.5 Å². The first-order valence-corrected chi connectivity index (χ1v) is 6.17. The minimum Gasteiger partial charge on any atom is -0.347 e. The van der Waals surface area contributed by atoms with Gasteiger partial charge in [0.2, 0.25) is 11.8 Å². The molecule has 0 aliphatic heterocycles. The van der Waals surface area contributed by atoms with Gasteiger partial charge in [-0.25, -0.2) is 0 Å². The third-order valence-electron chi connectivity index (χ3n) is 2.98. The van der Waals surface area contributed by atoms with Crippen LogP contribution >= 0.6 is 0 Å². The second-order valence-electron chi connectivity index (χ2n) is 4.68. The van der Waals surface area contributed by atoms with Crippen molar-refractivity contribution in [2.24, 2.45) is 5.73 Å². The van der Waals surface area contributed by atoms with E-state index in [1.165, 1.54) is 9.80 Å². The lowest BCUT2D eigenvalue weighted by Gasteiger charge is -2.24. The maximum absolute atomic E-state index is 12.3. The number of likely N-dealkylation sites (N-methyl/N-ethyl adjacent to an activating group) is 2. The molecule has 1 unspecified atom stereocenters. The largest absolute Gasteiger partial charge is 0.347 e. The van der Waals surface area contributed by atoms with Crippen LogP contribution in [0.15, 0.2) is 30.3 Å². The maximum atomic E-state index is 12.3. The van der Waals surface area contributed by atoms with Gasteiger partial charge in [0.15, 0.2) is 0 Å². The highest BCUT2D eigenvalue weighted by Gasteiger charge is 2.23. The van der Waals surface area contributed by atoms with Crippen LogP contribution in [0.3, 0.4) is 0 Å². The molecule has 1 atom stereocenters. The van der Waals surface area contributed by atoms with Crippen molar-refractivity contribution in [3.8, 4) is 0 Å². The van der Waals surface area contributed by atoms with E-state index in [1.54, 1.807) is 21.1 Å². The summed E-state index contributed by atoms with van der Waals surface area (Å²) in [7, 11) is 4.95. The molecule has 1 rings (SSSR count). The summed E-state index contributed by atoms with van der Waals surface area (Å²) in [6.07, 6.45) is 0. The van der Waals surface area contributed by atoms with Crippen molar-refractivity contribution in [3.63, 3.8) is 0 Å². The molecule has 104 valence electrons. The zero-order chi connectivity index (χ0) is 14.4. The number of amides is 2. The van der Waals surface area contributed by atoms with Gasteiger partial charge in [0.05, 0.1) is 12.5 Å². The highest BCUT2D eigenvalue weighted by atomic mass is 16.2. The summed E-state index contributed by atoms with van der Waals surface area (Å²) in [5, 5.41) is 0. The number of carbonyl (C=O) groups is 2. The summed E-state index contributed by atoms with van der Waals surface area (Å²) in [6, 6.07) is 9.38. The van der Waals surface area contributed by atoms with Gasteiger partial charge in [0.1, 0.15) is 0 Å². The third-order valence-corrected chi connectivity index (χ3v) is 2.98. The van der Waals surface area contributed by atoms with E-state index in [4.69, 9.17) is 5.73 Å². The number of hydrogen-bond acceptors (Lipinski definition) is 3. The lowest BCUT2D eigenvalue weighted by molar-refractivity contribution is -0.138. The number of carbonyl (C=O) groups excluding carboxylic acids is 2. The van der Waals surface area contributed by atoms with E-state index >= 15 is 0 Å². The fourth-order valence-corrected chi connectivity index (χ4v) is 1.75. The molecule has 5 heteroatoms. The van der Waals surface area contributed by atoms with Gasteiger partial charge in [0, 0.05) is 27.7 Å². The Morgan fingerprint density at radius 3 is 2.21 bits per heavy atom. The smallest absolute Gasteiger partial charge is 0.241 e. The summed E-state index contributed by atoms with van der Waals surface area (Å²) in [4.78, 5) is 26.8. The molecule has 19 heavy (non-hydrogen) atoms. The monoisotopic (exact) mass is 263 g/mol. The van der Waals surface area contributed by atoms with Gasteiger partial charge >= 0.3 is 0 Å². The molecule has 0 saturated heterocycles. The first kappa shape index (κ1) is 15.2. The average Bonchev–Trinajstić information content (AvgIpc) is 2.40. The average molecular weight is 263 g/mol. The van der Waals surface area contributed by atoms with Gasteiger partial charge < -0.3 is 15.5 Å². The predicted octanol–water partition coefficient (Wildman–Crippen LogP) is 0.276. The Morgan fingerprint density at radius 1 is 1.16 bits per heavy atom. The predicted molar refractivity (Wildman–Crippen MR) is 74.6 cm³/mol. The van der Waals surface area contributed by atoms with Gasteiger partial charge in [-0.05, 0) is 5.56 Å². The molecule has 5 nitrogen and oxygen atoms in total. The summed E-state index contributed by atoms with van der Waals surface area (Å²) in [5.74, 6) is -0.648. The van der Waals surface area contributed by atoms with E-state index in [1.807, 2.05) is 30.3 Å². The number of nitrogens with two attached hydrogens (primary N) is 1. The number of hydrogen-bond donors (Lipinski definition) is 1. The fraction of sp³-hybridized carbons (Fsp3) is 0.429. The molecule has 0 bridgehead atoms. The van der Waals surface area contributed by atoms with Crippen LogP contribution in [-0.4, -0.2) is 55.8 Å². The molecule has 0 fully saturated rings. The maximum Gasteiger partial charge on any atom is 0.241 e. The Hall–Kier alpha value is -1.88. The molecular formula is C14H21N3O2. The van der Waals surface area contributed by atoms with E-state index in [2.05, 4.69) is 0 Å². The number of rotatable bonds is 5. The van der Waals surface area contributed by atoms with E-state index in [9.17, 15) is 9.59 Å². The molecular weight excluding hydrogens is 242 g/mol. The van der Waals surface area contributed by atoms with Crippen LogP contribution in [-0.2, 0) is 9.59 Å². The third kappa shape index (κ3) is 4.06. The van der Waals surface area contributed by atoms with Crippen LogP contribution in [0.2, 0.25) is 0 Å². The van der Waals surface area contributed by atoms with Crippen molar-refractivity contribution in [1.29, 1.82) is 0 Å². The molecule has 0 aliphatic rings. The zero-order valence-corrected chi connectivity index (χ0v) is 11.7. The van der Waals surface area contributed by atoms with Crippen molar-refractivity contribution in [2.45, 2.75) is 5.92 Å². The van der Waals surface area contributed by atoms with E-state index in [-0.39, 0.29) is 24.9 Å². The number of benzene rings is 1. The molecule has 0 radical (unpaired) electrons. The van der Waals surface area contributed by atoms with Crippen molar-refractivity contribution in [1.82, 2.24) is 9.80 Å². The lowest BCUT2D eigenvalue weighted by Crippen LogP contribution is -2.41. The molecule has 1 aromatic carbocycles. The number of nitrogens with zero attached hydrogens (tertiary/aromatic N) is 2. The van der Waals surface area contributed by atoms with Gasteiger partial charge in [0.25, 0.3) is 0 Å². The molecule has 0 aromatic heterocycles. The normalized spacial score (nSPS) is 11.8. The molecule has 2 amide bonds. The van der Waals surface area contributed by atoms with E-state index < -0.39 is 5.92 Å². The van der Waals surface area contributed by atoms with Gasteiger partial charge in [-0.3, -0.25) is 9.59 Å². The van der Waals surface area contributed by atoms with Crippen molar-refractivity contribution in [2.75, 3.05) is 34.2 Å². The van der Waals surface area contributed by atoms with E-state index in [0.717, 1.165) is 5.56 Å². The Morgan fingerprint density at radius 2 is 1.74 bits per heavy atom. The Bertz CT molecular complexity index is 432. The summed E-state index contributed by atoms with van der Waals surface area (Å²) >= 11 is 0. The first-order valence-electron chi connectivity index (χ1n) is 6.17. The van der Waals surface area contributed by atoms with Crippen molar-refractivity contribution < 1.29 is 9.59 Å². The quantitative estimate of drug-likeness (QED) is 0.829. The van der Waals surface area contributed by atoms with Crippen LogP contribution < -0.4 is 5.73 Å². The summed E-state index contributed by atoms with van der Waals surface area (Å²) < 4.78 is 0. The van der Waals surface area contributed by atoms with Gasteiger partial charge in [-0.1, -0.05) is 30.3 Å². The molecule has 0 heterocycles. The van der Waals surface area contributed by atoms with E-state index in [0.29, 0.717) is 0 Å². The van der Waals surface area contributed by atoms with Crippen molar-refractivity contribution in [3.05, 3.63) is 35.9 Å². The molecule has 0 aliphatic carbocycles. The zero-order valence-electron chi connectivity index (χ0n) is 11.7. The molecule has 0 spiro atoms. The second kappa shape index (κ2) is 6.89. The minimum absolute atomic E-state index is 0.0646. The molecule has 0 saturated carbocycles. The van der Waals surface area contributed by atoms with Crippen LogP contribution in [0.25, 0.3) is 0 Å². The Kier molecular flexibility index (Phi) is 5.51. The second-order valence-corrected chi connectivity index (χ2v) is 4.68. The van der Waals surface area contributed by atoms with Crippen molar-refractivity contribution >= 4 is 11.8 Å². The van der Waals surface area contributed by atoms with Crippen LogP contribution in [0.5, 0.6) is 0 Å². The SMILES string of the molecule is CN(C)C(=O)CN(C)C(=O)C(CN)c1ccccc1. The topological polar surface area (TPSA) is 66.6 Å². The standard InChI is InChI=1S/C14H21N3O2/c1-16(2)13(18)10-17(3)14(19)12(9-15)11-7-5-4-6-8-11/h4-8,12H,9-10,15H2,1-3H3. The van der Waals surface area contributed by atoms with Crippen LogP contribution in [0, 0.1) is 0 Å². The van der Waals surface area contributed by atoms with Gasteiger partial charge in [-0.2, -0.15) is 0 Å². The van der Waals surface area contributed by atoms with Crippen LogP contribution in [0.4, 0.5) is 0 Å². The molecule has 1 aromatic rings.